The average molecular weight is 289 g/mol. The number of nitrogens with two attached hydrogens (primary N) is 1. The lowest BCUT2D eigenvalue weighted by Gasteiger charge is -2.09. The molecule has 0 aliphatic heterocycles. The van der Waals surface area contributed by atoms with Crippen LogP contribution in [0.25, 0.3) is 0 Å². The first-order valence-electron chi connectivity index (χ1n) is 6.37. The van der Waals surface area contributed by atoms with Crippen LogP contribution in [-0.2, 0) is 11.3 Å². The second-order valence-corrected chi connectivity index (χ2v) is 4.61. The van der Waals surface area contributed by atoms with Gasteiger partial charge in [0.25, 0.3) is 0 Å². The molecule has 0 fully saturated rings. The number of nitrogen functional groups attached to an aromatic ring is 1. The Labute approximate surface area is 122 Å². The van der Waals surface area contributed by atoms with Gasteiger partial charge in [0.05, 0.1) is 12.7 Å². The number of aryl methyl sites for hydroxylation is 1. The molecular weight excluding hydrogens is 273 g/mol. The molecule has 2 rings (SSSR count). The first kappa shape index (κ1) is 14.8. The summed E-state index contributed by atoms with van der Waals surface area (Å²) in [6.07, 6.45) is 0. The summed E-state index contributed by atoms with van der Waals surface area (Å²) in [6, 6.07) is 9.29. The zero-order valence-corrected chi connectivity index (χ0v) is 11.9. The lowest BCUT2D eigenvalue weighted by molar-refractivity contribution is 0.0468. The zero-order chi connectivity index (χ0) is 15.4. The molecule has 0 unspecified atom stereocenters. The van der Waals surface area contributed by atoms with Crippen molar-refractivity contribution in [2.24, 2.45) is 0 Å². The van der Waals surface area contributed by atoms with Crippen LogP contribution in [0, 0.1) is 12.7 Å². The summed E-state index contributed by atoms with van der Waals surface area (Å²) in [4.78, 5) is 12.0. The molecule has 5 heteroatoms. The molecule has 0 aliphatic carbocycles. The molecule has 0 aliphatic rings. The van der Waals surface area contributed by atoms with Gasteiger partial charge in [0.1, 0.15) is 18.2 Å². The van der Waals surface area contributed by atoms with Gasteiger partial charge < -0.3 is 15.2 Å². The van der Waals surface area contributed by atoms with Crippen LogP contribution in [-0.4, -0.2) is 13.1 Å². The van der Waals surface area contributed by atoms with Gasteiger partial charge in [-0.1, -0.05) is 0 Å². The van der Waals surface area contributed by atoms with Crippen LogP contribution in [0.15, 0.2) is 36.4 Å². The van der Waals surface area contributed by atoms with E-state index < -0.39 is 11.8 Å². The minimum absolute atomic E-state index is 0.140. The second kappa shape index (κ2) is 6.26. The number of carbonyl (C=O) groups is 1. The first-order chi connectivity index (χ1) is 10.0. The van der Waals surface area contributed by atoms with E-state index in [9.17, 15) is 9.18 Å². The maximum Gasteiger partial charge on any atom is 0.338 e. The minimum Gasteiger partial charge on any atom is -0.497 e. The lowest BCUT2D eigenvalue weighted by Crippen LogP contribution is -2.08. The third-order valence-corrected chi connectivity index (χ3v) is 3.09. The number of hydrogen-bond acceptors (Lipinski definition) is 4. The highest BCUT2D eigenvalue weighted by Gasteiger charge is 2.12. The molecule has 21 heavy (non-hydrogen) atoms. The molecule has 2 N–H and O–H groups in total. The lowest BCUT2D eigenvalue weighted by atomic mass is 10.1. The van der Waals surface area contributed by atoms with E-state index in [0.717, 1.165) is 5.56 Å². The number of esters is 1. The molecule has 0 heterocycles. The van der Waals surface area contributed by atoms with Crippen molar-refractivity contribution in [1.29, 1.82) is 0 Å². The Bertz CT molecular complexity index is 671. The van der Waals surface area contributed by atoms with Gasteiger partial charge in [-0.3, -0.25) is 0 Å². The Balaban J connectivity index is 2.07. The van der Waals surface area contributed by atoms with Crippen LogP contribution < -0.4 is 10.5 Å². The van der Waals surface area contributed by atoms with E-state index in [1.165, 1.54) is 19.2 Å². The number of methoxy groups -OCH3 is 1. The van der Waals surface area contributed by atoms with Crippen LogP contribution >= 0.6 is 0 Å². The zero-order valence-electron chi connectivity index (χ0n) is 11.9. The summed E-state index contributed by atoms with van der Waals surface area (Å²) in [7, 11) is 1.46. The third-order valence-electron chi connectivity index (χ3n) is 3.09. The molecule has 0 spiro atoms. The van der Waals surface area contributed by atoms with Crippen LogP contribution in [0.2, 0.25) is 0 Å². The maximum atomic E-state index is 13.7. The average Bonchev–Trinajstić information content (AvgIpc) is 2.45. The van der Waals surface area contributed by atoms with Crippen molar-refractivity contribution in [3.8, 4) is 5.75 Å². The van der Waals surface area contributed by atoms with Crippen LogP contribution in [0.1, 0.15) is 21.5 Å². The van der Waals surface area contributed by atoms with Gasteiger partial charge in [0, 0.05) is 17.3 Å². The third kappa shape index (κ3) is 3.51. The van der Waals surface area contributed by atoms with E-state index >= 15 is 0 Å². The normalized spacial score (nSPS) is 10.2. The molecule has 2 aromatic rings. The molecular formula is C16H16FNO3. The van der Waals surface area contributed by atoms with Gasteiger partial charge in [0.15, 0.2) is 0 Å². The predicted molar refractivity (Wildman–Crippen MR) is 77.7 cm³/mol. The molecule has 0 saturated carbocycles. The van der Waals surface area contributed by atoms with Crippen molar-refractivity contribution < 1.29 is 18.7 Å². The van der Waals surface area contributed by atoms with Crippen molar-refractivity contribution in [2.75, 3.05) is 12.8 Å². The van der Waals surface area contributed by atoms with Gasteiger partial charge in [-0.2, -0.15) is 0 Å². The Hall–Kier alpha value is -2.56. The van der Waals surface area contributed by atoms with E-state index in [1.54, 1.807) is 31.2 Å². The van der Waals surface area contributed by atoms with E-state index in [0.29, 0.717) is 17.0 Å². The van der Waals surface area contributed by atoms with E-state index in [2.05, 4.69) is 0 Å². The number of carbonyl (C=O) groups excluding carboxylic acids is 1. The summed E-state index contributed by atoms with van der Waals surface area (Å²) < 4.78 is 23.8. The molecule has 0 saturated heterocycles. The summed E-state index contributed by atoms with van der Waals surface area (Å²) in [6.45, 7) is 1.62. The predicted octanol–water partition coefficient (Wildman–Crippen LogP) is 3.08. The summed E-state index contributed by atoms with van der Waals surface area (Å²) in [5.41, 5.74) is 7.62. The highest BCUT2D eigenvalue weighted by atomic mass is 19.1. The van der Waals surface area contributed by atoms with E-state index in [1.807, 2.05) is 0 Å². The molecule has 4 nitrogen and oxygen atoms in total. The molecule has 2 aromatic carbocycles. The Kier molecular flexibility index (Phi) is 4.42. The fourth-order valence-electron chi connectivity index (χ4n) is 1.91. The molecule has 0 aromatic heterocycles. The molecule has 0 bridgehead atoms. The Morgan fingerprint density at radius 2 is 2.00 bits per heavy atom. The van der Waals surface area contributed by atoms with Crippen LogP contribution in [0.4, 0.5) is 10.1 Å². The van der Waals surface area contributed by atoms with Crippen molar-refractivity contribution in [1.82, 2.24) is 0 Å². The molecule has 0 amide bonds. The van der Waals surface area contributed by atoms with Gasteiger partial charge in [-0.15, -0.1) is 0 Å². The van der Waals surface area contributed by atoms with E-state index in [-0.39, 0.29) is 12.2 Å². The quantitative estimate of drug-likeness (QED) is 0.694. The van der Waals surface area contributed by atoms with Crippen molar-refractivity contribution in [2.45, 2.75) is 13.5 Å². The van der Waals surface area contributed by atoms with Crippen LogP contribution in [0.5, 0.6) is 5.75 Å². The minimum atomic E-state index is -0.511. The second-order valence-electron chi connectivity index (χ2n) is 4.61. The highest BCUT2D eigenvalue weighted by Crippen LogP contribution is 2.18. The number of anilines is 1. The summed E-state index contributed by atoms with van der Waals surface area (Å²) in [5, 5.41) is 0. The smallest absolute Gasteiger partial charge is 0.338 e. The van der Waals surface area contributed by atoms with Crippen molar-refractivity contribution in [3.63, 3.8) is 0 Å². The Morgan fingerprint density at radius 3 is 2.62 bits per heavy atom. The summed E-state index contributed by atoms with van der Waals surface area (Å²) >= 11 is 0. The SMILES string of the molecule is COc1ccc(COC(=O)c2ccc(N)cc2C)c(F)c1. The fraction of sp³-hybridized carbons (Fsp3) is 0.188. The Morgan fingerprint density at radius 1 is 1.24 bits per heavy atom. The van der Waals surface area contributed by atoms with Crippen molar-refractivity contribution in [3.05, 3.63) is 58.9 Å². The number of halogens is 1. The van der Waals surface area contributed by atoms with Gasteiger partial charge in [-0.05, 0) is 42.8 Å². The largest absolute Gasteiger partial charge is 0.497 e. The number of hydrogen-bond donors (Lipinski definition) is 1. The number of rotatable bonds is 4. The van der Waals surface area contributed by atoms with Crippen LogP contribution in [0.3, 0.4) is 0 Å². The van der Waals surface area contributed by atoms with E-state index in [4.69, 9.17) is 15.2 Å². The van der Waals surface area contributed by atoms with Crippen molar-refractivity contribution >= 4 is 11.7 Å². The summed E-state index contributed by atoms with van der Waals surface area (Å²) in [5.74, 6) is -0.573. The van der Waals surface area contributed by atoms with Gasteiger partial charge in [0.2, 0.25) is 0 Å². The number of benzene rings is 2. The fourth-order valence-corrected chi connectivity index (χ4v) is 1.91. The number of ether oxygens (including phenoxy) is 2. The molecule has 0 radical (unpaired) electrons. The standard InChI is InChI=1S/C16H16FNO3/c1-10-7-12(18)4-6-14(10)16(19)21-9-11-3-5-13(20-2)8-15(11)17/h3-8H,9,18H2,1-2H3. The highest BCUT2D eigenvalue weighted by molar-refractivity contribution is 5.91. The van der Waals surface area contributed by atoms with Gasteiger partial charge >= 0.3 is 5.97 Å². The topological polar surface area (TPSA) is 61.5 Å². The maximum absolute atomic E-state index is 13.7. The monoisotopic (exact) mass is 289 g/mol. The van der Waals surface area contributed by atoms with Gasteiger partial charge in [-0.25, -0.2) is 9.18 Å². The molecule has 0 atom stereocenters. The first-order valence-corrected chi connectivity index (χ1v) is 6.37. The molecule has 110 valence electrons.